The van der Waals surface area contributed by atoms with Crippen LogP contribution < -0.4 is 5.32 Å². The van der Waals surface area contributed by atoms with Gasteiger partial charge in [0.05, 0.1) is 10.8 Å². The van der Waals surface area contributed by atoms with Crippen LogP contribution in [0.5, 0.6) is 0 Å². The molecule has 1 fully saturated rings. The zero-order valence-corrected chi connectivity index (χ0v) is 16.5. The van der Waals surface area contributed by atoms with Crippen molar-refractivity contribution in [3.05, 3.63) is 72.5 Å². The van der Waals surface area contributed by atoms with Gasteiger partial charge >= 0.3 is 0 Å². The first-order valence-corrected chi connectivity index (χ1v) is 10.9. The summed E-state index contributed by atoms with van der Waals surface area (Å²) in [4.78, 5) is 12.8. The van der Waals surface area contributed by atoms with Crippen molar-refractivity contribution in [1.29, 1.82) is 0 Å². The van der Waals surface area contributed by atoms with Gasteiger partial charge in [-0.2, -0.15) is 4.31 Å². The number of nitrogens with zero attached hydrogens (tertiary/aromatic N) is 1. The Balaban J connectivity index is 1.48. The fraction of sp³-hybridized carbons (Fsp3) is 0.227. The number of carbonyl (C=O) groups is 1. The van der Waals surface area contributed by atoms with Crippen LogP contribution in [0.4, 0.5) is 10.1 Å². The molecule has 3 aromatic carbocycles. The highest BCUT2D eigenvalue weighted by Gasteiger charge is 2.33. The number of fused-ring (bicyclic) bond motifs is 1. The molecule has 0 aliphatic carbocycles. The lowest BCUT2D eigenvalue weighted by atomic mass is 9.98. The van der Waals surface area contributed by atoms with Crippen molar-refractivity contribution < 1.29 is 17.6 Å². The van der Waals surface area contributed by atoms with Crippen LogP contribution in [0.25, 0.3) is 10.8 Å². The summed E-state index contributed by atoms with van der Waals surface area (Å²) in [7, 11) is -3.76. The van der Waals surface area contributed by atoms with Gasteiger partial charge in [-0.3, -0.25) is 4.79 Å². The molecule has 1 saturated heterocycles. The molecule has 0 spiro atoms. The van der Waals surface area contributed by atoms with Crippen molar-refractivity contribution in [3.63, 3.8) is 0 Å². The molecule has 4 rings (SSSR count). The van der Waals surface area contributed by atoms with Crippen LogP contribution in [0.15, 0.2) is 71.6 Å². The van der Waals surface area contributed by atoms with Gasteiger partial charge < -0.3 is 5.32 Å². The first kappa shape index (κ1) is 19.5. The van der Waals surface area contributed by atoms with E-state index in [2.05, 4.69) is 5.32 Å². The lowest BCUT2D eigenvalue weighted by molar-refractivity contribution is -0.120. The van der Waals surface area contributed by atoms with Gasteiger partial charge in [0.1, 0.15) is 5.82 Å². The van der Waals surface area contributed by atoms with E-state index in [-0.39, 0.29) is 17.3 Å². The van der Waals surface area contributed by atoms with E-state index in [0.29, 0.717) is 25.1 Å². The number of amides is 1. The lowest BCUT2D eigenvalue weighted by Crippen LogP contribution is -2.43. The molecule has 7 heteroatoms. The molecule has 0 bridgehead atoms. The zero-order valence-electron chi connectivity index (χ0n) is 15.7. The first-order valence-electron chi connectivity index (χ1n) is 9.49. The highest BCUT2D eigenvalue weighted by molar-refractivity contribution is 7.89. The normalized spacial score (nSPS) is 17.9. The van der Waals surface area contributed by atoms with Gasteiger partial charge in [-0.1, -0.05) is 30.3 Å². The van der Waals surface area contributed by atoms with Crippen LogP contribution in [0.3, 0.4) is 0 Å². The van der Waals surface area contributed by atoms with E-state index < -0.39 is 21.8 Å². The molecule has 5 nitrogen and oxygen atoms in total. The Bertz CT molecular complexity index is 1150. The predicted molar refractivity (Wildman–Crippen MR) is 110 cm³/mol. The van der Waals surface area contributed by atoms with Crippen molar-refractivity contribution in [2.24, 2.45) is 5.92 Å². The number of piperidine rings is 1. The van der Waals surface area contributed by atoms with Gasteiger partial charge in [-0.05, 0) is 60.0 Å². The summed E-state index contributed by atoms with van der Waals surface area (Å²) in [6, 6.07) is 18.3. The van der Waals surface area contributed by atoms with Crippen LogP contribution in [0, 0.1) is 11.7 Å². The largest absolute Gasteiger partial charge is 0.326 e. The van der Waals surface area contributed by atoms with Gasteiger partial charge in [0.25, 0.3) is 0 Å². The number of rotatable bonds is 4. The number of benzene rings is 3. The van der Waals surface area contributed by atoms with Gasteiger partial charge in [0, 0.05) is 18.8 Å². The van der Waals surface area contributed by atoms with Crippen LogP contribution >= 0.6 is 0 Å². The van der Waals surface area contributed by atoms with Gasteiger partial charge in [0.2, 0.25) is 15.9 Å². The Morgan fingerprint density at radius 3 is 2.48 bits per heavy atom. The lowest BCUT2D eigenvalue weighted by Gasteiger charge is -2.31. The maximum Gasteiger partial charge on any atom is 0.243 e. The van der Waals surface area contributed by atoms with E-state index in [4.69, 9.17) is 0 Å². The molecule has 1 amide bonds. The number of halogens is 1. The number of hydrogen-bond donors (Lipinski definition) is 1. The molecule has 3 aromatic rings. The fourth-order valence-electron chi connectivity index (χ4n) is 3.64. The molecule has 29 heavy (non-hydrogen) atoms. The number of hydrogen-bond acceptors (Lipinski definition) is 3. The van der Waals surface area contributed by atoms with Crippen LogP contribution in [0.2, 0.25) is 0 Å². The minimum Gasteiger partial charge on any atom is -0.326 e. The Morgan fingerprint density at radius 2 is 1.72 bits per heavy atom. The molecule has 1 heterocycles. The third-order valence-corrected chi connectivity index (χ3v) is 7.10. The maximum atomic E-state index is 13.1. The molecule has 0 radical (unpaired) electrons. The highest BCUT2D eigenvalue weighted by atomic mass is 32.2. The van der Waals surface area contributed by atoms with Crippen molar-refractivity contribution >= 4 is 32.4 Å². The van der Waals surface area contributed by atoms with Crippen LogP contribution in [-0.4, -0.2) is 31.7 Å². The number of carbonyl (C=O) groups excluding carboxylic acids is 1. The Kier molecular flexibility index (Phi) is 5.34. The summed E-state index contributed by atoms with van der Waals surface area (Å²) in [6.45, 7) is 0.457. The van der Waals surface area contributed by atoms with Crippen molar-refractivity contribution in [2.45, 2.75) is 17.7 Å². The second-order valence-corrected chi connectivity index (χ2v) is 9.15. The standard InChI is InChI=1S/C22H21FN2O3S/c23-19-8-11-21(12-9-19)29(27,28)25-13-3-6-18(15-25)22(26)24-20-10-7-16-4-1-2-5-17(16)14-20/h1-2,4-5,7-12,14,18H,3,6,13,15H2,(H,24,26). The quantitative estimate of drug-likeness (QED) is 0.704. The smallest absolute Gasteiger partial charge is 0.243 e. The van der Waals surface area contributed by atoms with Gasteiger partial charge in [-0.15, -0.1) is 0 Å². The van der Waals surface area contributed by atoms with Gasteiger partial charge in [0.15, 0.2) is 0 Å². The molecule has 1 aliphatic rings. The summed E-state index contributed by atoms with van der Waals surface area (Å²) in [5.74, 6) is -1.13. The predicted octanol–water partition coefficient (Wildman–Crippen LogP) is 4.02. The van der Waals surface area contributed by atoms with E-state index in [9.17, 15) is 17.6 Å². The zero-order chi connectivity index (χ0) is 20.4. The summed E-state index contributed by atoms with van der Waals surface area (Å²) < 4.78 is 40.1. The van der Waals surface area contributed by atoms with E-state index in [1.807, 2.05) is 42.5 Å². The summed E-state index contributed by atoms with van der Waals surface area (Å²) in [5, 5.41) is 5.02. The summed E-state index contributed by atoms with van der Waals surface area (Å²) >= 11 is 0. The summed E-state index contributed by atoms with van der Waals surface area (Å²) in [6.07, 6.45) is 1.21. The number of sulfonamides is 1. The molecular formula is C22H21FN2O3S. The van der Waals surface area contributed by atoms with Crippen LogP contribution in [0.1, 0.15) is 12.8 Å². The van der Waals surface area contributed by atoms with E-state index in [0.717, 1.165) is 22.9 Å². The maximum absolute atomic E-state index is 13.1. The second-order valence-electron chi connectivity index (χ2n) is 7.21. The average Bonchev–Trinajstić information content (AvgIpc) is 2.74. The van der Waals surface area contributed by atoms with Crippen molar-refractivity contribution in [1.82, 2.24) is 4.31 Å². The van der Waals surface area contributed by atoms with Crippen molar-refractivity contribution in [2.75, 3.05) is 18.4 Å². The molecule has 1 N–H and O–H groups in total. The second kappa shape index (κ2) is 7.93. The van der Waals surface area contributed by atoms with E-state index in [1.165, 1.54) is 16.4 Å². The van der Waals surface area contributed by atoms with E-state index in [1.54, 1.807) is 0 Å². The summed E-state index contributed by atoms with van der Waals surface area (Å²) in [5.41, 5.74) is 0.687. The van der Waals surface area contributed by atoms with Crippen LogP contribution in [-0.2, 0) is 14.8 Å². The molecule has 1 aliphatic heterocycles. The molecule has 150 valence electrons. The van der Waals surface area contributed by atoms with Crippen molar-refractivity contribution in [3.8, 4) is 0 Å². The Labute approximate surface area is 169 Å². The Morgan fingerprint density at radius 1 is 1.00 bits per heavy atom. The first-order chi connectivity index (χ1) is 13.9. The Hall–Kier alpha value is -2.77. The minimum absolute atomic E-state index is 0.0366. The van der Waals surface area contributed by atoms with Gasteiger partial charge in [-0.25, -0.2) is 12.8 Å². The molecule has 1 unspecified atom stereocenters. The molecular weight excluding hydrogens is 391 g/mol. The average molecular weight is 412 g/mol. The molecule has 0 aromatic heterocycles. The SMILES string of the molecule is O=C(Nc1ccc2ccccc2c1)C1CCCN(S(=O)(=O)c2ccc(F)cc2)C1. The highest BCUT2D eigenvalue weighted by Crippen LogP contribution is 2.26. The van der Waals surface area contributed by atoms with E-state index >= 15 is 0 Å². The minimum atomic E-state index is -3.76. The third kappa shape index (κ3) is 4.16. The molecule has 0 saturated carbocycles. The third-order valence-electron chi connectivity index (χ3n) is 5.22. The number of nitrogens with one attached hydrogen (secondary N) is 1. The molecule has 1 atom stereocenters. The monoisotopic (exact) mass is 412 g/mol. The fourth-order valence-corrected chi connectivity index (χ4v) is 5.17. The number of anilines is 1. The topological polar surface area (TPSA) is 66.5 Å².